The molecule has 1 N–H and O–H groups in total. The molecule has 1 aromatic carbocycles. The van der Waals surface area contributed by atoms with Gasteiger partial charge in [0.25, 0.3) is 0 Å². The van der Waals surface area contributed by atoms with Crippen LogP contribution in [0.25, 0.3) is 0 Å². The van der Waals surface area contributed by atoms with Crippen molar-refractivity contribution in [3.8, 4) is 5.75 Å². The number of hydrogen-bond donors (Lipinski definition) is 1. The quantitative estimate of drug-likeness (QED) is 0.845. The molecule has 0 radical (unpaired) electrons. The highest BCUT2D eigenvalue weighted by Crippen LogP contribution is 2.31. The van der Waals surface area contributed by atoms with Gasteiger partial charge in [0.1, 0.15) is 5.75 Å². The summed E-state index contributed by atoms with van der Waals surface area (Å²) in [5, 5.41) is 9.94. The molecule has 1 rings (SSSR count). The number of aromatic hydroxyl groups is 1. The van der Waals surface area contributed by atoms with Crippen molar-refractivity contribution in [3.63, 3.8) is 0 Å². The fourth-order valence-corrected chi connectivity index (χ4v) is 2.51. The Bertz CT molecular complexity index is 348. The fraction of sp³-hybridized carbons (Fsp3) is 0.571. The molecule has 0 amide bonds. The Morgan fingerprint density at radius 2 is 1.82 bits per heavy atom. The zero-order valence-electron chi connectivity index (χ0n) is 10.9. The van der Waals surface area contributed by atoms with E-state index < -0.39 is 0 Å². The van der Waals surface area contributed by atoms with E-state index in [9.17, 15) is 5.11 Å². The lowest BCUT2D eigenvalue weighted by atomic mass is 10.1. The third-order valence-electron chi connectivity index (χ3n) is 3.01. The Balaban J connectivity index is 2.91. The van der Waals surface area contributed by atoms with E-state index >= 15 is 0 Å². The van der Waals surface area contributed by atoms with Gasteiger partial charge in [-0.1, -0.05) is 29.8 Å². The van der Waals surface area contributed by atoms with Crippen molar-refractivity contribution in [2.45, 2.75) is 39.7 Å². The van der Waals surface area contributed by atoms with Crippen LogP contribution in [0.15, 0.2) is 22.7 Å². The van der Waals surface area contributed by atoms with E-state index in [0.29, 0.717) is 5.75 Å². The molecule has 0 saturated carbocycles. The number of rotatable bonds is 6. The molecule has 96 valence electrons. The predicted molar refractivity (Wildman–Crippen MR) is 76.4 cm³/mol. The summed E-state index contributed by atoms with van der Waals surface area (Å²) < 4.78 is 1.02. The largest absolute Gasteiger partial charge is 0.508 e. The average Bonchev–Trinajstić information content (AvgIpc) is 2.31. The Kier molecular flexibility index (Phi) is 6.00. The van der Waals surface area contributed by atoms with Crippen LogP contribution in [0.5, 0.6) is 5.75 Å². The number of halogens is 1. The highest BCUT2D eigenvalue weighted by molar-refractivity contribution is 9.10. The second-order valence-corrected chi connectivity index (χ2v) is 5.33. The minimum absolute atomic E-state index is 0.257. The zero-order valence-corrected chi connectivity index (χ0v) is 12.5. The van der Waals surface area contributed by atoms with Crippen molar-refractivity contribution in [1.29, 1.82) is 0 Å². The summed E-state index contributed by atoms with van der Waals surface area (Å²) in [6, 6.07) is 5.90. The summed E-state index contributed by atoms with van der Waals surface area (Å²) in [5.41, 5.74) is 1.00. The first-order chi connectivity index (χ1) is 8.10. The first kappa shape index (κ1) is 14.5. The highest BCUT2D eigenvalue weighted by Gasteiger charge is 2.17. The highest BCUT2D eigenvalue weighted by atomic mass is 79.9. The summed E-state index contributed by atoms with van der Waals surface area (Å²) in [5.74, 6) is 0.387. The van der Waals surface area contributed by atoms with Crippen LogP contribution in [0, 0.1) is 0 Å². The fourth-order valence-electron chi connectivity index (χ4n) is 2.13. The van der Waals surface area contributed by atoms with E-state index in [-0.39, 0.29) is 6.04 Å². The maximum Gasteiger partial charge on any atom is 0.120 e. The zero-order chi connectivity index (χ0) is 12.8. The molecule has 0 aliphatic rings. The number of benzene rings is 1. The van der Waals surface area contributed by atoms with Crippen LogP contribution in [-0.4, -0.2) is 23.1 Å². The second-order valence-electron chi connectivity index (χ2n) is 4.42. The molecule has 0 aromatic heterocycles. The van der Waals surface area contributed by atoms with Gasteiger partial charge in [-0.3, -0.25) is 4.90 Å². The smallest absolute Gasteiger partial charge is 0.120 e. The first-order valence-corrected chi connectivity index (χ1v) is 7.11. The number of phenolic OH excluding ortho intramolecular Hbond substituents is 1. The molecule has 0 heterocycles. The molecule has 17 heavy (non-hydrogen) atoms. The van der Waals surface area contributed by atoms with Crippen molar-refractivity contribution in [2.24, 2.45) is 0 Å². The summed E-state index contributed by atoms with van der Waals surface area (Å²) >= 11 is 3.46. The third-order valence-corrected chi connectivity index (χ3v) is 3.50. The van der Waals surface area contributed by atoms with Crippen LogP contribution in [0.2, 0.25) is 0 Å². The maximum atomic E-state index is 9.94. The number of phenols is 1. The topological polar surface area (TPSA) is 23.5 Å². The lowest BCUT2D eigenvalue weighted by Gasteiger charge is -2.29. The molecule has 0 spiro atoms. The molecule has 3 heteroatoms. The summed E-state index contributed by atoms with van der Waals surface area (Å²) in [7, 11) is 0. The maximum absolute atomic E-state index is 9.94. The predicted octanol–water partition coefficient (Wildman–Crippen LogP) is 4.34. The van der Waals surface area contributed by atoms with E-state index in [1.165, 1.54) is 0 Å². The van der Waals surface area contributed by atoms with Crippen molar-refractivity contribution >= 4 is 15.9 Å². The van der Waals surface area contributed by atoms with Gasteiger partial charge in [0, 0.05) is 16.1 Å². The van der Waals surface area contributed by atoms with Crippen molar-refractivity contribution < 1.29 is 5.11 Å². The standard InChI is InChI=1S/C14H22BrNO/c1-4-8-16(9-5-2)11(3)13-10-12(15)6-7-14(13)17/h6-7,10-11,17H,4-5,8-9H2,1-3H3. The third kappa shape index (κ3) is 4.00. The minimum atomic E-state index is 0.257. The normalized spacial score (nSPS) is 13.0. The SMILES string of the molecule is CCCN(CCC)C(C)c1cc(Br)ccc1O. The Morgan fingerprint density at radius 3 is 2.35 bits per heavy atom. The molecular formula is C14H22BrNO. The van der Waals surface area contributed by atoms with Gasteiger partial charge in [0.2, 0.25) is 0 Å². The molecular weight excluding hydrogens is 278 g/mol. The van der Waals surface area contributed by atoms with Gasteiger partial charge in [0.05, 0.1) is 0 Å². The molecule has 0 fully saturated rings. The van der Waals surface area contributed by atoms with Crippen molar-refractivity contribution in [2.75, 3.05) is 13.1 Å². The lowest BCUT2D eigenvalue weighted by Crippen LogP contribution is -2.28. The molecule has 0 aliphatic heterocycles. The van der Waals surface area contributed by atoms with Crippen LogP contribution in [0.1, 0.15) is 45.2 Å². The first-order valence-electron chi connectivity index (χ1n) is 6.32. The van der Waals surface area contributed by atoms with Crippen LogP contribution in [0.4, 0.5) is 0 Å². The monoisotopic (exact) mass is 299 g/mol. The van der Waals surface area contributed by atoms with Gasteiger partial charge in [-0.25, -0.2) is 0 Å². The number of nitrogens with zero attached hydrogens (tertiary/aromatic N) is 1. The van der Waals surface area contributed by atoms with E-state index in [1.807, 2.05) is 12.1 Å². The van der Waals surface area contributed by atoms with E-state index in [4.69, 9.17) is 0 Å². The second kappa shape index (κ2) is 7.02. The molecule has 0 bridgehead atoms. The van der Waals surface area contributed by atoms with Gasteiger partial charge in [0.15, 0.2) is 0 Å². The van der Waals surface area contributed by atoms with Crippen molar-refractivity contribution in [3.05, 3.63) is 28.2 Å². The summed E-state index contributed by atoms with van der Waals surface area (Å²) in [6.07, 6.45) is 2.28. The van der Waals surface area contributed by atoms with Gasteiger partial charge in [-0.2, -0.15) is 0 Å². The molecule has 2 nitrogen and oxygen atoms in total. The number of hydrogen-bond acceptors (Lipinski definition) is 2. The van der Waals surface area contributed by atoms with Crippen LogP contribution in [-0.2, 0) is 0 Å². The Labute approximate surface area is 113 Å². The van der Waals surface area contributed by atoms with E-state index in [1.54, 1.807) is 6.07 Å². The van der Waals surface area contributed by atoms with E-state index in [2.05, 4.69) is 41.6 Å². The van der Waals surface area contributed by atoms with Gasteiger partial charge in [-0.05, 0) is 51.1 Å². The molecule has 1 unspecified atom stereocenters. The average molecular weight is 300 g/mol. The van der Waals surface area contributed by atoms with E-state index in [0.717, 1.165) is 36.0 Å². The summed E-state index contributed by atoms with van der Waals surface area (Å²) in [4.78, 5) is 2.42. The minimum Gasteiger partial charge on any atom is -0.508 e. The molecule has 0 saturated heterocycles. The molecule has 0 aliphatic carbocycles. The molecule has 1 aromatic rings. The Hall–Kier alpha value is -0.540. The van der Waals surface area contributed by atoms with Crippen molar-refractivity contribution in [1.82, 2.24) is 4.90 Å². The molecule has 1 atom stereocenters. The van der Waals surface area contributed by atoms with Gasteiger partial charge < -0.3 is 5.11 Å². The van der Waals surface area contributed by atoms with Gasteiger partial charge in [-0.15, -0.1) is 0 Å². The van der Waals surface area contributed by atoms with Crippen LogP contribution in [0.3, 0.4) is 0 Å². The summed E-state index contributed by atoms with van der Waals surface area (Å²) in [6.45, 7) is 8.68. The van der Waals surface area contributed by atoms with Crippen LogP contribution < -0.4 is 0 Å². The van der Waals surface area contributed by atoms with Gasteiger partial charge >= 0.3 is 0 Å². The lowest BCUT2D eigenvalue weighted by molar-refractivity contribution is 0.208. The Morgan fingerprint density at radius 1 is 1.24 bits per heavy atom. The van der Waals surface area contributed by atoms with Crippen LogP contribution >= 0.6 is 15.9 Å².